The first-order chi connectivity index (χ1) is 15.2. The number of nitrogens with zero attached hydrogens (tertiary/aromatic N) is 4. The Morgan fingerprint density at radius 3 is 1.97 bits per heavy atom. The van der Waals surface area contributed by atoms with Gasteiger partial charge >= 0.3 is 0 Å². The third-order valence-electron chi connectivity index (χ3n) is 5.58. The zero-order chi connectivity index (χ0) is 21.3. The number of halogens is 1. The number of aryl methyl sites for hydroxylation is 1. The van der Waals surface area contributed by atoms with Gasteiger partial charge < -0.3 is 0 Å². The summed E-state index contributed by atoms with van der Waals surface area (Å²) in [6.07, 6.45) is 5.89. The molecule has 3 aromatic carbocycles. The monoisotopic (exact) mass is 468 g/mol. The van der Waals surface area contributed by atoms with Crippen LogP contribution in [-0.4, -0.2) is 19.6 Å². The molecule has 2 aromatic heterocycles. The highest BCUT2D eigenvalue weighted by molar-refractivity contribution is 9.10. The van der Waals surface area contributed by atoms with Crippen LogP contribution in [0.3, 0.4) is 0 Å². The van der Waals surface area contributed by atoms with Gasteiger partial charge in [0.15, 0.2) is 0 Å². The van der Waals surface area contributed by atoms with E-state index in [0.717, 1.165) is 32.4 Å². The fourth-order valence-electron chi connectivity index (χ4n) is 4.20. The van der Waals surface area contributed by atoms with Crippen molar-refractivity contribution in [3.05, 3.63) is 131 Å². The average molecular weight is 469 g/mol. The van der Waals surface area contributed by atoms with E-state index in [2.05, 4.69) is 105 Å². The maximum Gasteiger partial charge on any atom is 0.139 e. The molecule has 0 saturated carbocycles. The average Bonchev–Trinajstić information content (AvgIpc) is 3.47. The Bertz CT molecular complexity index is 1270. The van der Waals surface area contributed by atoms with Crippen LogP contribution in [0.5, 0.6) is 0 Å². The van der Waals surface area contributed by atoms with Gasteiger partial charge in [0.25, 0.3) is 0 Å². The minimum atomic E-state index is -0.650. The van der Waals surface area contributed by atoms with Gasteiger partial charge in [0.2, 0.25) is 0 Å². The molecule has 152 valence electrons. The Morgan fingerprint density at radius 2 is 1.39 bits per heavy atom. The lowest BCUT2D eigenvalue weighted by atomic mass is 9.77. The van der Waals surface area contributed by atoms with Crippen molar-refractivity contribution in [3.8, 4) is 11.3 Å². The molecule has 0 unspecified atom stereocenters. The molecule has 5 rings (SSSR count). The molecular weight excluding hydrogens is 448 g/mol. The second-order valence-electron chi connectivity index (χ2n) is 7.47. The molecule has 4 nitrogen and oxygen atoms in total. The van der Waals surface area contributed by atoms with E-state index in [-0.39, 0.29) is 0 Å². The number of hydrogen-bond donors (Lipinski definition) is 0. The molecule has 5 aromatic rings. The van der Waals surface area contributed by atoms with E-state index in [1.165, 1.54) is 0 Å². The highest BCUT2D eigenvalue weighted by Gasteiger charge is 2.40. The third-order valence-corrected chi connectivity index (χ3v) is 6.27. The zero-order valence-electron chi connectivity index (χ0n) is 17.1. The van der Waals surface area contributed by atoms with E-state index in [1.807, 2.05) is 37.6 Å². The number of hydrogen-bond acceptors (Lipinski definition) is 2. The van der Waals surface area contributed by atoms with Gasteiger partial charge in [-0.3, -0.25) is 9.36 Å². The van der Waals surface area contributed by atoms with E-state index < -0.39 is 5.54 Å². The molecule has 0 radical (unpaired) electrons. The highest BCUT2D eigenvalue weighted by atomic mass is 79.9. The molecule has 0 aliphatic rings. The Kier molecular flexibility index (Phi) is 5.04. The lowest BCUT2D eigenvalue weighted by Gasteiger charge is -2.37. The van der Waals surface area contributed by atoms with Gasteiger partial charge in [-0.1, -0.05) is 94.8 Å². The predicted molar refractivity (Wildman–Crippen MR) is 127 cm³/mol. The molecule has 5 heteroatoms. The first-order valence-electron chi connectivity index (χ1n) is 10.1. The molecule has 0 bridgehead atoms. The Labute approximate surface area is 189 Å². The van der Waals surface area contributed by atoms with Gasteiger partial charge in [-0.2, -0.15) is 10.2 Å². The third kappa shape index (κ3) is 3.31. The molecule has 0 atom stereocenters. The van der Waals surface area contributed by atoms with Gasteiger partial charge in [0, 0.05) is 35.0 Å². The van der Waals surface area contributed by atoms with Crippen molar-refractivity contribution in [2.24, 2.45) is 7.05 Å². The smallest absolute Gasteiger partial charge is 0.139 e. The van der Waals surface area contributed by atoms with Gasteiger partial charge in [-0.05, 0) is 23.3 Å². The summed E-state index contributed by atoms with van der Waals surface area (Å²) in [6.45, 7) is 0. The summed E-state index contributed by atoms with van der Waals surface area (Å²) >= 11 is 3.82. The van der Waals surface area contributed by atoms with Crippen LogP contribution in [0.4, 0.5) is 0 Å². The first kappa shape index (κ1) is 19.5. The molecular formula is C26H21BrN4. The number of benzene rings is 3. The van der Waals surface area contributed by atoms with Crippen LogP contribution in [0.15, 0.2) is 114 Å². The van der Waals surface area contributed by atoms with Crippen LogP contribution in [0.25, 0.3) is 11.3 Å². The Morgan fingerprint density at radius 1 is 0.774 bits per heavy atom. The SMILES string of the molecule is Cn1cc(-c2ccn(C(c3ccccc3)(c3ccccc3)c3ccccc3Br)n2)cn1. The van der Waals surface area contributed by atoms with Crippen LogP contribution in [0.2, 0.25) is 0 Å². The van der Waals surface area contributed by atoms with Crippen molar-refractivity contribution in [2.75, 3.05) is 0 Å². The van der Waals surface area contributed by atoms with Gasteiger partial charge in [-0.25, -0.2) is 0 Å². The van der Waals surface area contributed by atoms with E-state index >= 15 is 0 Å². The van der Waals surface area contributed by atoms with Crippen molar-refractivity contribution in [3.63, 3.8) is 0 Å². The summed E-state index contributed by atoms with van der Waals surface area (Å²) in [5, 5.41) is 9.39. The quantitative estimate of drug-likeness (QED) is 0.301. The van der Waals surface area contributed by atoms with Crippen molar-refractivity contribution in [1.82, 2.24) is 19.6 Å². The molecule has 0 saturated heterocycles. The summed E-state index contributed by atoms with van der Waals surface area (Å²) in [5.41, 5.74) is 4.61. The molecule has 0 aliphatic heterocycles. The van der Waals surface area contributed by atoms with Crippen molar-refractivity contribution in [1.29, 1.82) is 0 Å². The zero-order valence-corrected chi connectivity index (χ0v) is 18.6. The summed E-state index contributed by atoms with van der Waals surface area (Å²) in [4.78, 5) is 0. The molecule has 0 amide bonds. The minimum absolute atomic E-state index is 0.650. The van der Waals surface area contributed by atoms with Crippen molar-refractivity contribution in [2.45, 2.75) is 5.54 Å². The van der Waals surface area contributed by atoms with Gasteiger partial charge in [0.05, 0.1) is 11.9 Å². The fourth-order valence-corrected chi connectivity index (χ4v) is 4.77. The van der Waals surface area contributed by atoms with E-state index in [9.17, 15) is 0 Å². The number of rotatable bonds is 5. The Balaban J connectivity index is 1.85. The summed E-state index contributed by atoms with van der Waals surface area (Å²) in [7, 11) is 1.92. The van der Waals surface area contributed by atoms with Crippen molar-refractivity contribution < 1.29 is 0 Å². The minimum Gasteiger partial charge on any atom is -0.275 e. The molecule has 31 heavy (non-hydrogen) atoms. The van der Waals surface area contributed by atoms with E-state index in [0.29, 0.717) is 0 Å². The topological polar surface area (TPSA) is 35.6 Å². The number of aromatic nitrogens is 4. The Hall–Kier alpha value is -3.44. The van der Waals surface area contributed by atoms with Gasteiger partial charge in [-0.15, -0.1) is 0 Å². The molecule has 0 fully saturated rings. The van der Waals surface area contributed by atoms with Crippen molar-refractivity contribution >= 4 is 15.9 Å². The molecule has 2 heterocycles. The first-order valence-corrected chi connectivity index (χ1v) is 10.9. The molecule has 0 spiro atoms. The van der Waals surface area contributed by atoms with Crippen LogP contribution in [0.1, 0.15) is 16.7 Å². The van der Waals surface area contributed by atoms with E-state index in [1.54, 1.807) is 4.68 Å². The summed E-state index contributed by atoms with van der Waals surface area (Å²) < 4.78 is 4.89. The lowest BCUT2D eigenvalue weighted by Crippen LogP contribution is -2.38. The highest BCUT2D eigenvalue weighted by Crippen LogP contribution is 2.43. The lowest BCUT2D eigenvalue weighted by molar-refractivity contribution is 0.459. The fraction of sp³-hybridized carbons (Fsp3) is 0.0769. The predicted octanol–water partition coefficient (Wildman–Crippen LogP) is 5.89. The molecule has 0 aliphatic carbocycles. The largest absolute Gasteiger partial charge is 0.275 e. The standard InChI is InChI=1S/C26H21BrN4/c1-30-19-20(18-28-30)25-16-17-31(29-25)26(21-10-4-2-5-11-21,22-12-6-3-7-13-22)23-14-8-9-15-24(23)27/h2-19H,1H3. The normalized spacial score (nSPS) is 11.5. The second-order valence-corrected chi connectivity index (χ2v) is 8.32. The summed E-state index contributed by atoms with van der Waals surface area (Å²) in [5.74, 6) is 0. The van der Waals surface area contributed by atoms with Gasteiger partial charge in [0.1, 0.15) is 5.54 Å². The maximum atomic E-state index is 5.08. The summed E-state index contributed by atoms with van der Waals surface area (Å²) in [6, 6.07) is 31.5. The van der Waals surface area contributed by atoms with Crippen LogP contribution >= 0.6 is 15.9 Å². The maximum absolute atomic E-state index is 5.08. The van der Waals surface area contributed by atoms with Crippen LogP contribution in [0, 0.1) is 0 Å². The van der Waals surface area contributed by atoms with E-state index in [4.69, 9.17) is 5.10 Å². The second kappa shape index (κ2) is 8.00. The molecule has 0 N–H and O–H groups in total. The van der Waals surface area contributed by atoms with Crippen LogP contribution < -0.4 is 0 Å². The van der Waals surface area contributed by atoms with Crippen LogP contribution in [-0.2, 0) is 12.6 Å².